The molecule has 0 spiro atoms. The molecule has 0 unspecified atom stereocenters. The van der Waals surface area contributed by atoms with E-state index in [1.165, 1.54) is 0 Å². The Hall–Kier alpha value is -1.49. The Kier molecular flexibility index (Phi) is 7.62. The number of esters is 1. The first-order valence-corrected chi connectivity index (χ1v) is 4.22. The molecular formula is C11H14O2. The molecule has 0 aromatic carbocycles. The van der Waals surface area contributed by atoms with Gasteiger partial charge >= 0.3 is 5.97 Å². The van der Waals surface area contributed by atoms with Gasteiger partial charge in [-0.1, -0.05) is 30.6 Å². The smallest absolute Gasteiger partial charge is 0.306 e. The molecule has 0 atom stereocenters. The van der Waals surface area contributed by atoms with Gasteiger partial charge in [-0.2, -0.15) is 0 Å². The summed E-state index contributed by atoms with van der Waals surface area (Å²) in [6.45, 7) is 5.72. The molecule has 0 heterocycles. The Labute approximate surface area is 79.3 Å². The number of hydrogen-bond donors (Lipinski definition) is 0. The molecule has 0 rings (SSSR count). The van der Waals surface area contributed by atoms with Crippen molar-refractivity contribution in [2.45, 2.75) is 19.8 Å². The maximum absolute atomic E-state index is 10.8. The second-order valence-corrected chi connectivity index (χ2v) is 2.22. The van der Waals surface area contributed by atoms with E-state index in [1.807, 2.05) is 0 Å². The van der Waals surface area contributed by atoms with Crippen LogP contribution < -0.4 is 0 Å². The van der Waals surface area contributed by atoms with Crippen molar-refractivity contribution in [1.82, 2.24) is 0 Å². The summed E-state index contributed by atoms with van der Waals surface area (Å²) >= 11 is 0. The first-order chi connectivity index (χ1) is 6.31. The van der Waals surface area contributed by atoms with Gasteiger partial charge in [-0.05, 0) is 13.0 Å². The maximum Gasteiger partial charge on any atom is 0.306 e. The average molecular weight is 178 g/mol. The van der Waals surface area contributed by atoms with E-state index in [-0.39, 0.29) is 5.97 Å². The predicted octanol–water partition coefficient (Wildman–Crippen LogP) is 2.08. The highest BCUT2D eigenvalue weighted by atomic mass is 16.5. The van der Waals surface area contributed by atoms with Crippen LogP contribution in [0.5, 0.6) is 0 Å². The molecule has 0 fully saturated rings. The van der Waals surface area contributed by atoms with Crippen molar-refractivity contribution in [2.75, 3.05) is 6.61 Å². The van der Waals surface area contributed by atoms with Crippen LogP contribution in [0.15, 0.2) is 24.8 Å². The van der Waals surface area contributed by atoms with Gasteiger partial charge in [0.15, 0.2) is 0 Å². The first-order valence-electron chi connectivity index (χ1n) is 4.22. The van der Waals surface area contributed by atoms with Crippen LogP contribution in [0.4, 0.5) is 0 Å². The summed E-state index contributed by atoms with van der Waals surface area (Å²) in [7, 11) is 0. The summed E-state index contributed by atoms with van der Waals surface area (Å²) < 4.78 is 4.73. The maximum atomic E-state index is 10.8. The van der Waals surface area contributed by atoms with Gasteiger partial charge < -0.3 is 4.74 Å². The monoisotopic (exact) mass is 178 g/mol. The number of hydrogen-bond acceptors (Lipinski definition) is 2. The fourth-order valence-electron chi connectivity index (χ4n) is 0.645. The number of ether oxygens (including phenoxy) is 1. The van der Waals surface area contributed by atoms with Gasteiger partial charge in [0.1, 0.15) is 0 Å². The Morgan fingerprint density at radius 3 is 3.00 bits per heavy atom. The molecule has 0 amide bonds. The van der Waals surface area contributed by atoms with E-state index in [0.717, 1.165) is 0 Å². The molecule has 0 aliphatic heterocycles. The molecular weight excluding hydrogens is 164 g/mol. The number of carbonyl (C=O) groups is 1. The minimum absolute atomic E-state index is 0.190. The van der Waals surface area contributed by atoms with Gasteiger partial charge in [-0.15, -0.1) is 0 Å². The van der Waals surface area contributed by atoms with Crippen molar-refractivity contribution in [3.63, 3.8) is 0 Å². The van der Waals surface area contributed by atoms with E-state index in [9.17, 15) is 4.79 Å². The highest BCUT2D eigenvalue weighted by Gasteiger charge is 1.97. The quantitative estimate of drug-likeness (QED) is 0.374. The summed E-state index contributed by atoms with van der Waals surface area (Å²) in [4.78, 5) is 10.8. The molecule has 2 heteroatoms. The van der Waals surface area contributed by atoms with Gasteiger partial charge in [0.05, 0.1) is 13.0 Å². The van der Waals surface area contributed by atoms with Gasteiger partial charge in [0.25, 0.3) is 0 Å². The molecule has 2 nitrogen and oxygen atoms in total. The SMILES string of the molecule is C=CC=CC#CCCC(=O)OCC. The third-order valence-corrected chi connectivity index (χ3v) is 1.18. The third-order valence-electron chi connectivity index (χ3n) is 1.18. The minimum atomic E-state index is -0.190. The third kappa shape index (κ3) is 8.42. The van der Waals surface area contributed by atoms with Gasteiger partial charge in [0, 0.05) is 6.42 Å². The fourth-order valence-corrected chi connectivity index (χ4v) is 0.645. The van der Waals surface area contributed by atoms with Crippen LogP contribution in [-0.2, 0) is 9.53 Å². The molecule has 0 bridgehead atoms. The van der Waals surface area contributed by atoms with E-state index in [1.54, 1.807) is 25.2 Å². The minimum Gasteiger partial charge on any atom is -0.466 e. The van der Waals surface area contributed by atoms with Crippen LogP contribution in [0.2, 0.25) is 0 Å². The van der Waals surface area contributed by atoms with Crippen molar-refractivity contribution >= 4 is 5.97 Å². The number of carbonyl (C=O) groups excluding carboxylic acids is 1. The van der Waals surface area contributed by atoms with Crippen LogP contribution in [0, 0.1) is 11.8 Å². The number of allylic oxidation sites excluding steroid dienone is 3. The molecule has 0 aromatic heterocycles. The van der Waals surface area contributed by atoms with Crippen LogP contribution in [0.25, 0.3) is 0 Å². The lowest BCUT2D eigenvalue weighted by Crippen LogP contribution is -2.02. The predicted molar refractivity (Wildman–Crippen MR) is 53.0 cm³/mol. The van der Waals surface area contributed by atoms with Crippen molar-refractivity contribution in [3.8, 4) is 11.8 Å². The Bertz CT molecular complexity index is 241. The Morgan fingerprint density at radius 2 is 2.38 bits per heavy atom. The zero-order valence-corrected chi connectivity index (χ0v) is 7.88. The fraction of sp³-hybridized carbons (Fsp3) is 0.364. The van der Waals surface area contributed by atoms with Crippen molar-refractivity contribution in [2.24, 2.45) is 0 Å². The number of rotatable bonds is 4. The average Bonchev–Trinajstić information content (AvgIpc) is 2.11. The topological polar surface area (TPSA) is 26.3 Å². The highest BCUT2D eigenvalue weighted by molar-refractivity contribution is 5.69. The molecule has 0 aromatic rings. The Morgan fingerprint density at radius 1 is 1.62 bits per heavy atom. The lowest BCUT2D eigenvalue weighted by Gasteiger charge is -1.96. The van der Waals surface area contributed by atoms with Crippen molar-refractivity contribution in [3.05, 3.63) is 24.8 Å². The molecule has 0 saturated heterocycles. The lowest BCUT2D eigenvalue weighted by molar-refractivity contribution is -0.142. The molecule has 13 heavy (non-hydrogen) atoms. The van der Waals surface area contributed by atoms with Crippen molar-refractivity contribution in [1.29, 1.82) is 0 Å². The van der Waals surface area contributed by atoms with Crippen LogP contribution in [-0.4, -0.2) is 12.6 Å². The zero-order chi connectivity index (χ0) is 9.94. The van der Waals surface area contributed by atoms with Crippen LogP contribution >= 0.6 is 0 Å². The summed E-state index contributed by atoms with van der Waals surface area (Å²) in [6, 6.07) is 0. The van der Waals surface area contributed by atoms with Gasteiger partial charge in [-0.25, -0.2) is 0 Å². The van der Waals surface area contributed by atoms with Crippen molar-refractivity contribution < 1.29 is 9.53 Å². The zero-order valence-electron chi connectivity index (χ0n) is 7.88. The molecule has 0 aliphatic carbocycles. The Balaban J connectivity index is 3.52. The summed E-state index contributed by atoms with van der Waals surface area (Å²) in [5.74, 6) is 5.41. The standard InChI is InChI=1S/C11H14O2/c1-3-5-6-7-8-9-10-11(12)13-4-2/h3,5-6H,1,4,9-10H2,2H3. The van der Waals surface area contributed by atoms with Gasteiger partial charge in [0.2, 0.25) is 0 Å². The second-order valence-electron chi connectivity index (χ2n) is 2.22. The highest BCUT2D eigenvalue weighted by Crippen LogP contribution is 1.90. The van der Waals surface area contributed by atoms with Gasteiger partial charge in [-0.3, -0.25) is 4.79 Å². The normalized spacial score (nSPS) is 9.00. The molecule has 70 valence electrons. The van der Waals surface area contributed by atoms with E-state index in [4.69, 9.17) is 4.74 Å². The largest absolute Gasteiger partial charge is 0.466 e. The summed E-state index contributed by atoms with van der Waals surface area (Å²) in [5.41, 5.74) is 0. The summed E-state index contributed by atoms with van der Waals surface area (Å²) in [5, 5.41) is 0. The second kappa shape index (κ2) is 8.61. The molecule has 0 radical (unpaired) electrons. The van der Waals surface area contributed by atoms with E-state index >= 15 is 0 Å². The first kappa shape index (κ1) is 11.5. The summed E-state index contributed by atoms with van der Waals surface area (Å²) in [6.07, 6.45) is 6.00. The van der Waals surface area contributed by atoms with E-state index in [2.05, 4.69) is 18.4 Å². The van der Waals surface area contributed by atoms with Crippen LogP contribution in [0.3, 0.4) is 0 Å². The van der Waals surface area contributed by atoms with E-state index in [0.29, 0.717) is 19.4 Å². The molecule has 0 N–H and O–H groups in total. The molecule has 0 saturated carbocycles. The van der Waals surface area contributed by atoms with Crippen LogP contribution in [0.1, 0.15) is 19.8 Å². The molecule has 0 aliphatic rings. The lowest BCUT2D eigenvalue weighted by atomic mass is 10.3. The van der Waals surface area contributed by atoms with E-state index < -0.39 is 0 Å².